The Morgan fingerprint density at radius 1 is 0.356 bits per heavy atom. The molecule has 0 spiro atoms. The summed E-state index contributed by atoms with van der Waals surface area (Å²) in [5.74, 6) is 1.65. The van der Waals surface area contributed by atoms with Crippen molar-refractivity contribution in [3.05, 3.63) is 182 Å². The second kappa shape index (κ2) is 12.2. The van der Waals surface area contributed by atoms with Gasteiger partial charge in [0, 0.05) is 43.4 Å². The van der Waals surface area contributed by atoms with Crippen molar-refractivity contribution in [2.75, 3.05) is 0 Å². The summed E-state index contributed by atoms with van der Waals surface area (Å²) in [6.07, 6.45) is 0. The molecule has 13 aromatic rings. The number of aromatic nitrogens is 4. The molecule has 4 heterocycles. The number of benzene rings is 9. The molecule has 0 saturated heterocycles. The topological polar surface area (TPSA) is 69.9 Å². The number of nitrogens with zero attached hydrogens (tertiary/aromatic N) is 4. The summed E-state index contributed by atoms with van der Waals surface area (Å²) >= 11 is 0. The predicted molar refractivity (Wildman–Crippen MR) is 240 cm³/mol. The fourth-order valence-corrected chi connectivity index (χ4v) is 9.10. The maximum Gasteiger partial charge on any atom is 0.167 e. The van der Waals surface area contributed by atoms with E-state index < -0.39 is 0 Å². The molecule has 0 radical (unpaired) electrons. The lowest BCUT2D eigenvalue weighted by atomic mass is 9.99. The average molecular weight is 755 g/mol. The van der Waals surface area contributed by atoms with Gasteiger partial charge in [0.1, 0.15) is 16.7 Å². The van der Waals surface area contributed by atoms with Crippen LogP contribution in [0.2, 0.25) is 0 Å². The van der Waals surface area contributed by atoms with Crippen LogP contribution < -0.4 is 0 Å². The fourth-order valence-electron chi connectivity index (χ4n) is 9.10. The predicted octanol–water partition coefficient (Wildman–Crippen LogP) is 14.1. The molecule has 13 rings (SSSR count). The molecule has 4 aromatic heterocycles. The SMILES string of the molecule is c1ccc(-c2nc(-c3ccc4c(c3)oc3ccccc34)nc(-c3cc4ccccc4c4c3oc3c(-n5c6ccccc6c6cc7ccccc7cc65)cccc34)n2)cc1. The van der Waals surface area contributed by atoms with E-state index in [0.717, 1.165) is 88.1 Å². The Labute approximate surface area is 336 Å². The lowest BCUT2D eigenvalue weighted by molar-refractivity contribution is 0.667. The highest BCUT2D eigenvalue weighted by Crippen LogP contribution is 2.44. The molecular weight excluding hydrogens is 725 g/mol. The first-order valence-corrected chi connectivity index (χ1v) is 19.8. The van der Waals surface area contributed by atoms with Crippen LogP contribution in [0, 0.1) is 0 Å². The van der Waals surface area contributed by atoms with Crippen LogP contribution in [-0.4, -0.2) is 19.5 Å². The van der Waals surface area contributed by atoms with E-state index in [1.807, 2.05) is 54.6 Å². The van der Waals surface area contributed by atoms with E-state index >= 15 is 0 Å². The number of fused-ring (bicyclic) bond motifs is 12. The van der Waals surface area contributed by atoms with Crippen LogP contribution in [-0.2, 0) is 0 Å². The van der Waals surface area contributed by atoms with Crippen molar-refractivity contribution < 1.29 is 8.83 Å². The monoisotopic (exact) mass is 754 g/mol. The van der Waals surface area contributed by atoms with Crippen molar-refractivity contribution in [2.45, 2.75) is 0 Å². The van der Waals surface area contributed by atoms with E-state index in [2.05, 4.69) is 132 Å². The van der Waals surface area contributed by atoms with Crippen LogP contribution in [0.15, 0.2) is 191 Å². The number of para-hydroxylation sites is 3. The minimum Gasteiger partial charge on any atom is -0.456 e. The molecular formula is C53H30N4O2. The molecule has 0 aliphatic heterocycles. The molecule has 0 amide bonds. The Morgan fingerprint density at radius 3 is 1.88 bits per heavy atom. The maximum absolute atomic E-state index is 7.23. The van der Waals surface area contributed by atoms with E-state index in [1.54, 1.807) is 0 Å². The molecule has 0 N–H and O–H groups in total. The molecule has 0 saturated carbocycles. The summed E-state index contributed by atoms with van der Waals surface area (Å²) in [6, 6.07) is 63.3. The molecule has 0 fully saturated rings. The first kappa shape index (κ1) is 32.0. The molecule has 274 valence electrons. The van der Waals surface area contributed by atoms with Crippen molar-refractivity contribution in [1.29, 1.82) is 0 Å². The van der Waals surface area contributed by atoms with Gasteiger partial charge in [0.2, 0.25) is 0 Å². The maximum atomic E-state index is 7.23. The number of furan rings is 2. The zero-order chi connectivity index (χ0) is 38.6. The highest BCUT2D eigenvalue weighted by molar-refractivity contribution is 6.24. The highest BCUT2D eigenvalue weighted by Gasteiger charge is 2.24. The first-order chi connectivity index (χ1) is 29.2. The quantitative estimate of drug-likeness (QED) is 0.179. The average Bonchev–Trinajstić information content (AvgIpc) is 3.98. The van der Waals surface area contributed by atoms with Gasteiger partial charge in [-0.1, -0.05) is 133 Å². The van der Waals surface area contributed by atoms with Gasteiger partial charge in [-0.05, 0) is 70.1 Å². The Kier molecular flexibility index (Phi) is 6.63. The Morgan fingerprint density at radius 2 is 1.02 bits per heavy atom. The summed E-state index contributed by atoms with van der Waals surface area (Å²) in [5, 5.41) is 11.1. The molecule has 9 aromatic carbocycles. The van der Waals surface area contributed by atoms with Crippen LogP contribution in [0.5, 0.6) is 0 Å². The van der Waals surface area contributed by atoms with E-state index in [4.69, 9.17) is 23.8 Å². The van der Waals surface area contributed by atoms with Gasteiger partial charge in [0.25, 0.3) is 0 Å². The van der Waals surface area contributed by atoms with Crippen LogP contribution in [0.4, 0.5) is 0 Å². The summed E-state index contributed by atoms with van der Waals surface area (Å²) in [4.78, 5) is 15.5. The molecule has 59 heavy (non-hydrogen) atoms. The molecule has 0 aliphatic carbocycles. The van der Waals surface area contributed by atoms with Crippen LogP contribution in [0.25, 0.3) is 127 Å². The van der Waals surface area contributed by atoms with E-state index in [0.29, 0.717) is 17.5 Å². The number of rotatable bonds is 4. The highest BCUT2D eigenvalue weighted by atomic mass is 16.3. The lowest BCUT2D eigenvalue weighted by Gasteiger charge is -2.10. The number of hydrogen-bond acceptors (Lipinski definition) is 5. The Hall–Kier alpha value is -8.09. The lowest BCUT2D eigenvalue weighted by Crippen LogP contribution is -2.00. The molecule has 0 unspecified atom stereocenters. The second-order valence-electron chi connectivity index (χ2n) is 15.2. The zero-order valence-electron chi connectivity index (χ0n) is 31.4. The summed E-state index contributed by atoms with van der Waals surface area (Å²) in [7, 11) is 0. The number of hydrogen-bond donors (Lipinski definition) is 0. The van der Waals surface area contributed by atoms with Crippen molar-refractivity contribution in [2.24, 2.45) is 0 Å². The third-order valence-electron chi connectivity index (χ3n) is 11.8. The van der Waals surface area contributed by atoms with Crippen molar-refractivity contribution in [3.8, 4) is 39.9 Å². The zero-order valence-corrected chi connectivity index (χ0v) is 31.4. The summed E-state index contributed by atoms with van der Waals surface area (Å²) in [6.45, 7) is 0. The van der Waals surface area contributed by atoms with E-state index in [9.17, 15) is 0 Å². The Bertz CT molecular complexity index is 3860. The standard InChI is InChI=1S/C53H30N4O2/c1-2-13-31(14-3-1)51-54-52(35-25-26-39-38-20-9-11-24-46(38)58-47(39)30-35)56-53(55-51)42-28-34-17-6-7-18-36(34)48-40-21-12-23-44(49(40)59-50(42)48)57-43-22-10-8-19-37(43)41-27-32-15-4-5-16-33(32)29-45(41)57/h1-30H. The minimum absolute atomic E-state index is 0.526. The molecule has 0 bridgehead atoms. The van der Waals surface area contributed by atoms with Gasteiger partial charge < -0.3 is 13.4 Å². The van der Waals surface area contributed by atoms with Crippen molar-refractivity contribution >= 4 is 87.2 Å². The van der Waals surface area contributed by atoms with Crippen LogP contribution >= 0.6 is 0 Å². The van der Waals surface area contributed by atoms with Gasteiger partial charge in [-0.15, -0.1) is 0 Å². The smallest absolute Gasteiger partial charge is 0.167 e. The molecule has 6 heteroatoms. The fraction of sp³-hybridized carbons (Fsp3) is 0. The minimum atomic E-state index is 0.526. The van der Waals surface area contributed by atoms with Gasteiger partial charge in [0.05, 0.1) is 22.3 Å². The van der Waals surface area contributed by atoms with Crippen molar-refractivity contribution in [3.63, 3.8) is 0 Å². The molecule has 6 nitrogen and oxygen atoms in total. The van der Waals surface area contributed by atoms with E-state index in [1.165, 1.54) is 21.5 Å². The first-order valence-electron chi connectivity index (χ1n) is 19.8. The third kappa shape index (κ3) is 4.77. The van der Waals surface area contributed by atoms with Gasteiger partial charge in [-0.25, -0.2) is 15.0 Å². The molecule has 0 aliphatic rings. The van der Waals surface area contributed by atoms with Crippen LogP contribution in [0.1, 0.15) is 0 Å². The second-order valence-corrected chi connectivity index (χ2v) is 15.2. The normalized spacial score (nSPS) is 12.1. The van der Waals surface area contributed by atoms with Gasteiger partial charge in [0.15, 0.2) is 23.1 Å². The van der Waals surface area contributed by atoms with Crippen LogP contribution in [0.3, 0.4) is 0 Å². The molecule has 0 atom stereocenters. The summed E-state index contributed by atoms with van der Waals surface area (Å²) in [5.41, 5.74) is 8.87. The van der Waals surface area contributed by atoms with Gasteiger partial charge >= 0.3 is 0 Å². The largest absolute Gasteiger partial charge is 0.456 e. The van der Waals surface area contributed by atoms with E-state index in [-0.39, 0.29) is 0 Å². The van der Waals surface area contributed by atoms with Crippen molar-refractivity contribution in [1.82, 2.24) is 19.5 Å². The van der Waals surface area contributed by atoms with Gasteiger partial charge in [-0.2, -0.15) is 0 Å². The third-order valence-corrected chi connectivity index (χ3v) is 11.8. The van der Waals surface area contributed by atoms with Gasteiger partial charge in [-0.3, -0.25) is 0 Å². The summed E-state index contributed by atoms with van der Waals surface area (Å²) < 4.78 is 15.9. The Balaban J connectivity index is 1.10.